The molecule has 168 valence electrons. The maximum Gasteiger partial charge on any atom is 0.410 e. The standard InChI is InChI=1S/C27H32N2O3/c1-18-14-15-20(17-29(6)26(31)32-27(3,4)5)16-24(18)25(30)28-19(2)22-13-9-11-21-10-7-8-12-23(21)22/h7-16,19H,17H2,1-6H3,(H,28,30)/t19-/m1/s1. The summed E-state index contributed by atoms with van der Waals surface area (Å²) in [4.78, 5) is 26.9. The number of rotatable bonds is 5. The second-order valence-corrected chi connectivity index (χ2v) is 9.25. The molecule has 0 aliphatic rings. The van der Waals surface area contributed by atoms with Crippen LogP contribution in [0.3, 0.4) is 0 Å². The molecule has 5 nitrogen and oxygen atoms in total. The number of amides is 2. The van der Waals surface area contributed by atoms with Gasteiger partial charge in [0, 0.05) is 19.2 Å². The summed E-state index contributed by atoms with van der Waals surface area (Å²) >= 11 is 0. The molecule has 2 amide bonds. The highest BCUT2D eigenvalue weighted by molar-refractivity contribution is 5.96. The van der Waals surface area contributed by atoms with Crippen molar-refractivity contribution in [2.75, 3.05) is 7.05 Å². The van der Waals surface area contributed by atoms with Crippen LogP contribution in [0.4, 0.5) is 4.79 Å². The summed E-state index contributed by atoms with van der Waals surface area (Å²) in [6.45, 7) is 9.78. The van der Waals surface area contributed by atoms with Gasteiger partial charge in [-0.2, -0.15) is 0 Å². The molecule has 5 heteroatoms. The van der Waals surface area contributed by atoms with E-state index in [0.717, 1.165) is 27.5 Å². The lowest BCUT2D eigenvalue weighted by Gasteiger charge is -2.25. The molecule has 1 atom stereocenters. The third-order valence-corrected chi connectivity index (χ3v) is 5.31. The Balaban J connectivity index is 1.76. The Hall–Kier alpha value is -3.34. The van der Waals surface area contributed by atoms with Gasteiger partial charge in [-0.1, -0.05) is 54.6 Å². The number of nitrogens with one attached hydrogen (secondary N) is 1. The number of benzene rings is 3. The van der Waals surface area contributed by atoms with E-state index < -0.39 is 11.7 Å². The first-order valence-electron chi connectivity index (χ1n) is 10.9. The van der Waals surface area contributed by atoms with Gasteiger partial charge in [-0.25, -0.2) is 4.79 Å². The highest BCUT2D eigenvalue weighted by atomic mass is 16.6. The van der Waals surface area contributed by atoms with Gasteiger partial charge in [0.05, 0.1) is 6.04 Å². The van der Waals surface area contributed by atoms with E-state index in [4.69, 9.17) is 4.74 Å². The number of fused-ring (bicyclic) bond motifs is 1. The van der Waals surface area contributed by atoms with E-state index in [9.17, 15) is 9.59 Å². The lowest BCUT2D eigenvalue weighted by molar-refractivity contribution is 0.0285. The molecule has 3 rings (SSSR count). The monoisotopic (exact) mass is 432 g/mol. The molecule has 0 aromatic heterocycles. The molecular weight excluding hydrogens is 400 g/mol. The summed E-state index contributed by atoms with van der Waals surface area (Å²) in [5.41, 5.74) is 2.88. The third kappa shape index (κ3) is 5.67. The largest absolute Gasteiger partial charge is 0.444 e. The molecule has 0 heterocycles. The van der Waals surface area contributed by atoms with Gasteiger partial charge in [0.15, 0.2) is 0 Å². The minimum atomic E-state index is -0.554. The first-order valence-corrected chi connectivity index (χ1v) is 10.9. The minimum Gasteiger partial charge on any atom is -0.444 e. The Labute approximate surface area is 190 Å². The van der Waals surface area contributed by atoms with Crippen LogP contribution in [0.15, 0.2) is 60.7 Å². The van der Waals surface area contributed by atoms with Crippen molar-refractivity contribution >= 4 is 22.8 Å². The van der Waals surface area contributed by atoms with Crippen molar-refractivity contribution in [3.63, 3.8) is 0 Å². The molecule has 1 N–H and O–H groups in total. The van der Waals surface area contributed by atoms with Crippen LogP contribution in [0.5, 0.6) is 0 Å². The molecule has 0 fully saturated rings. The summed E-state index contributed by atoms with van der Waals surface area (Å²) < 4.78 is 5.42. The van der Waals surface area contributed by atoms with Gasteiger partial charge < -0.3 is 15.0 Å². The normalized spacial score (nSPS) is 12.3. The topological polar surface area (TPSA) is 58.6 Å². The molecule has 0 saturated carbocycles. The van der Waals surface area contributed by atoms with Gasteiger partial charge in [-0.3, -0.25) is 4.79 Å². The van der Waals surface area contributed by atoms with Crippen LogP contribution in [0.25, 0.3) is 10.8 Å². The fraction of sp³-hybridized carbons (Fsp3) is 0.333. The summed E-state index contributed by atoms with van der Waals surface area (Å²) in [6.07, 6.45) is -0.395. The van der Waals surface area contributed by atoms with E-state index in [2.05, 4.69) is 23.5 Å². The number of carbonyl (C=O) groups is 2. The van der Waals surface area contributed by atoms with Gasteiger partial charge in [0.2, 0.25) is 0 Å². The number of ether oxygens (including phenoxy) is 1. The molecule has 0 spiro atoms. The summed E-state index contributed by atoms with van der Waals surface area (Å²) in [5.74, 6) is -0.135. The van der Waals surface area contributed by atoms with Crippen LogP contribution in [0.2, 0.25) is 0 Å². The minimum absolute atomic E-state index is 0.135. The SMILES string of the molecule is Cc1ccc(CN(C)C(=O)OC(C)(C)C)cc1C(=O)N[C@H](C)c1cccc2ccccc12. The summed E-state index contributed by atoms with van der Waals surface area (Å²) in [5, 5.41) is 5.42. The zero-order chi connectivity index (χ0) is 23.5. The van der Waals surface area contributed by atoms with Gasteiger partial charge in [-0.05, 0) is 68.1 Å². The molecule has 0 saturated heterocycles. The summed E-state index contributed by atoms with van der Waals surface area (Å²) in [7, 11) is 1.69. The van der Waals surface area contributed by atoms with Crippen molar-refractivity contribution in [2.45, 2.75) is 52.8 Å². The maximum atomic E-state index is 13.1. The first-order chi connectivity index (χ1) is 15.0. The maximum absolute atomic E-state index is 13.1. The predicted molar refractivity (Wildman–Crippen MR) is 129 cm³/mol. The Bertz CT molecular complexity index is 1130. The summed E-state index contributed by atoms with van der Waals surface area (Å²) in [6, 6.07) is 19.8. The molecule has 0 bridgehead atoms. The smallest absolute Gasteiger partial charge is 0.410 e. The van der Waals surface area contributed by atoms with E-state index in [0.29, 0.717) is 12.1 Å². The van der Waals surface area contributed by atoms with Crippen LogP contribution in [0, 0.1) is 6.92 Å². The van der Waals surface area contributed by atoms with Crippen LogP contribution in [0.1, 0.15) is 60.8 Å². The van der Waals surface area contributed by atoms with Crippen LogP contribution < -0.4 is 5.32 Å². The number of hydrogen-bond acceptors (Lipinski definition) is 3. The molecule has 0 unspecified atom stereocenters. The molecule has 3 aromatic rings. The zero-order valence-corrected chi connectivity index (χ0v) is 19.7. The molecule has 0 aliphatic carbocycles. The Morgan fingerprint density at radius 3 is 2.44 bits per heavy atom. The average Bonchev–Trinajstić information content (AvgIpc) is 2.73. The number of carbonyl (C=O) groups excluding carboxylic acids is 2. The van der Waals surface area contributed by atoms with Crippen molar-refractivity contribution in [1.29, 1.82) is 0 Å². The van der Waals surface area contributed by atoms with Gasteiger partial charge in [-0.15, -0.1) is 0 Å². The molecule has 0 radical (unpaired) electrons. The van der Waals surface area contributed by atoms with Crippen molar-refractivity contribution < 1.29 is 14.3 Å². The fourth-order valence-corrected chi connectivity index (χ4v) is 3.67. The van der Waals surface area contributed by atoms with E-state index >= 15 is 0 Å². The lowest BCUT2D eigenvalue weighted by Crippen LogP contribution is -2.34. The fourth-order valence-electron chi connectivity index (χ4n) is 3.67. The van der Waals surface area contributed by atoms with Gasteiger partial charge >= 0.3 is 6.09 Å². The Morgan fingerprint density at radius 2 is 1.72 bits per heavy atom. The average molecular weight is 433 g/mol. The van der Waals surface area contributed by atoms with E-state index in [1.54, 1.807) is 7.05 Å². The Morgan fingerprint density at radius 1 is 1.03 bits per heavy atom. The second-order valence-electron chi connectivity index (χ2n) is 9.25. The zero-order valence-electron chi connectivity index (χ0n) is 19.7. The van der Waals surface area contributed by atoms with Crippen LogP contribution in [-0.4, -0.2) is 29.5 Å². The third-order valence-electron chi connectivity index (χ3n) is 5.31. The van der Waals surface area contributed by atoms with Gasteiger partial charge in [0.1, 0.15) is 5.60 Å². The highest BCUT2D eigenvalue weighted by Crippen LogP contribution is 2.25. The first kappa shape index (κ1) is 23.3. The van der Waals surface area contributed by atoms with Crippen LogP contribution in [-0.2, 0) is 11.3 Å². The molecule has 0 aliphatic heterocycles. The highest BCUT2D eigenvalue weighted by Gasteiger charge is 2.21. The van der Waals surface area contributed by atoms with Crippen molar-refractivity contribution in [2.24, 2.45) is 0 Å². The molecule has 32 heavy (non-hydrogen) atoms. The van der Waals surface area contributed by atoms with E-state index in [1.807, 2.05) is 77.1 Å². The predicted octanol–water partition coefficient (Wildman–Crippen LogP) is 6.01. The van der Waals surface area contributed by atoms with E-state index in [1.165, 1.54) is 4.90 Å². The van der Waals surface area contributed by atoms with Crippen LogP contribution >= 0.6 is 0 Å². The van der Waals surface area contributed by atoms with Gasteiger partial charge in [0.25, 0.3) is 5.91 Å². The quantitative estimate of drug-likeness (QED) is 0.537. The second kappa shape index (κ2) is 9.43. The Kier molecular flexibility index (Phi) is 6.87. The molecular formula is C27H32N2O3. The number of hydrogen-bond donors (Lipinski definition) is 1. The lowest BCUT2D eigenvalue weighted by atomic mass is 9.98. The molecule has 3 aromatic carbocycles. The number of nitrogens with zero attached hydrogens (tertiary/aromatic N) is 1. The van der Waals surface area contributed by atoms with Crippen molar-refractivity contribution in [3.8, 4) is 0 Å². The van der Waals surface area contributed by atoms with Crippen molar-refractivity contribution in [3.05, 3.63) is 82.9 Å². The number of aryl methyl sites for hydroxylation is 1. The van der Waals surface area contributed by atoms with Crippen molar-refractivity contribution in [1.82, 2.24) is 10.2 Å². The van der Waals surface area contributed by atoms with E-state index in [-0.39, 0.29) is 11.9 Å².